The molecule has 7 nitrogen and oxygen atoms in total. The van der Waals surface area contributed by atoms with Crippen LogP contribution in [0.1, 0.15) is 23.7 Å². The zero-order chi connectivity index (χ0) is 17.9. The monoisotopic (exact) mass is 345 g/mol. The lowest BCUT2D eigenvalue weighted by Gasteiger charge is -2.17. The van der Waals surface area contributed by atoms with Gasteiger partial charge in [0.25, 0.3) is 10.1 Å². The first kappa shape index (κ1) is 16.4. The molecule has 0 bridgehead atoms. The van der Waals surface area contributed by atoms with Crippen molar-refractivity contribution in [1.29, 1.82) is 0 Å². The first-order chi connectivity index (χ1) is 11.2. The van der Waals surface area contributed by atoms with E-state index in [-0.39, 0.29) is 6.61 Å². The average Bonchev–Trinajstić information content (AvgIpc) is 2.80. The molecule has 1 heterocycles. The SMILES string of the molecule is [2H][C@H]1[C@H](OC)O[C@H](COC(=O)c2ccc(C)cc2)[C@@H]1OS(C)(=O)=O. The molecule has 1 aromatic rings. The van der Waals surface area contributed by atoms with Crippen LogP contribution in [0.5, 0.6) is 0 Å². The van der Waals surface area contributed by atoms with Gasteiger partial charge in [-0.2, -0.15) is 8.42 Å². The van der Waals surface area contributed by atoms with E-state index in [1.807, 2.05) is 6.92 Å². The Hall–Kier alpha value is -1.48. The summed E-state index contributed by atoms with van der Waals surface area (Å²) < 4.78 is 51.1. The lowest BCUT2D eigenvalue weighted by atomic mass is 10.1. The van der Waals surface area contributed by atoms with E-state index in [2.05, 4.69) is 0 Å². The number of carbonyl (C=O) groups is 1. The molecule has 2 rings (SSSR count). The molecule has 0 saturated carbocycles. The standard InChI is InChI=1S/C15H20O7S/c1-10-4-6-11(7-5-10)15(16)20-9-13-12(22-23(3,17)18)8-14(19-2)21-13/h4-7,12-14H,8-9H2,1-3H3/t12-,13-,14-/m1/s1/i8D/t8-,12-,13-,14-. The zero-order valence-electron chi connectivity index (χ0n) is 14.1. The molecule has 8 heteroatoms. The van der Waals surface area contributed by atoms with Gasteiger partial charge < -0.3 is 14.2 Å². The molecule has 0 aromatic heterocycles. The van der Waals surface area contributed by atoms with Crippen molar-refractivity contribution in [2.45, 2.75) is 31.8 Å². The van der Waals surface area contributed by atoms with Crippen LogP contribution < -0.4 is 0 Å². The minimum absolute atomic E-state index is 0.248. The number of benzene rings is 1. The van der Waals surface area contributed by atoms with E-state index in [0.29, 0.717) is 5.56 Å². The van der Waals surface area contributed by atoms with Crippen molar-refractivity contribution in [3.63, 3.8) is 0 Å². The summed E-state index contributed by atoms with van der Waals surface area (Å²) in [5, 5.41) is 0. The largest absolute Gasteiger partial charge is 0.459 e. The second-order valence-electron chi connectivity index (χ2n) is 5.20. The third-order valence-corrected chi connectivity index (χ3v) is 3.78. The van der Waals surface area contributed by atoms with Gasteiger partial charge in [-0.05, 0) is 19.1 Å². The number of aryl methyl sites for hydroxylation is 1. The first-order valence-electron chi connectivity index (χ1n) is 7.51. The van der Waals surface area contributed by atoms with E-state index in [0.717, 1.165) is 11.8 Å². The van der Waals surface area contributed by atoms with Gasteiger partial charge in [0.05, 0.1) is 11.8 Å². The summed E-state index contributed by atoms with van der Waals surface area (Å²) in [6, 6.07) is 6.81. The maximum Gasteiger partial charge on any atom is 0.338 e. The minimum Gasteiger partial charge on any atom is -0.459 e. The molecule has 0 N–H and O–H groups in total. The van der Waals surface area contributed by atoms with Crippen LogP contribution in [0.4, 0.5) is 0 Å². The Morgan fingerprint density at radius 1 is 1.39 bits per heavy atom. The van der Waals surface area contributed by atoms with Gasteiger partial charge in [0.1, 0.15) is 18.8 Å². The van der Waals surface area contributed by atoms with Gasteiger partial charge in [0, 0.05) is 14.9 Å². The van der Waals surface area contributed by atoms with Crippen LogP contribution in [0.25, 0.3) is 0 Å². The van der Waals surface area contributed by atoms with Gasteiger partial charge in [-0.1, -0.05) is 17.7 Å². The van der Waals surface area contributed by atoms with E-state index < -0.39 is 41.0 Å². The number of carbonyl (C=O) groups excluding carboxylic acids is 1. The summed E-state index contributed by atoms with van der Waals surface area (Å²) in [5.41, 5.74) is 1.37. The van der Waals surface area contributed by atoms with Crippen molar-refractivity contribution in [3.8, 4) is 0 Å². The molecule has 1 aromatic carbocycles. The van der Waals surface area contributed by atoms with Crippen LogP contribution >= 0.6 is 0 Å². The maximum atomic E-state index is 12.0. The number of esters is 1. The third kappa shape index (κ3) is 5.28. The quantitative estimate of drug-likeness (QED) is 0.566. The lowest BCUT2D eigenvalue weighted by molar-refractivity contribution is -0.127. The van der Waals surface area contributed by atoms with Crippen molar-refractivity contribution in [1.82, 2.24) is 0 Å². The number of ether oxygens (including phenoxy) is 3. The van der Waals surface area contributed by atoms with Crippen LogP contribution in [0.2, 0.25) is 0 Å². The van der Waals surface area contributed by atoms with Gasteiger partial charge in [0.15, 0.2) is 6.29 Å². The molecule has 1 aliphatic rings. The van der Waals surface area contributed by atoms with Gasteiger partial charge in [-0.25, -0.2) is 4.79 Å². The predicted molar refractivity (Wildman–Crippen MR) is 81.5 cm³/mol. The molecule has 128 valence electrons. The van der Waals surface area contributed by atoms with Gasteiger partial charge >= 0.3 is 5.97 Å². The first-order valence-corrected chi connectivity index (χ1v) is 8.75. The number of methoxy groups -OCH3 is 1. The molecular formula is C15H20O7S. The number of rotatable bonds is 6. The fourth-order valence-corrected chi connectivity index (χ4v) is 2.66. The lowest BCUT2D eigenvalue weighted by Crippen LogP contribution is -2.32. The fourth-order valence-electron chi connectivity index (χ4n) is 2.07. The van der Waals surface area contributed by atoms with E-state index >= 15 is 0 Å². The molecule has 1 fully saturated rings. The van der Waals surface area contributed by atoms with E-state index in [4.69, 9.17) is 19.8 Å². The van der Waals surface area contributed by atoms with Crippen molar-refractivity contribution >= 4 is 16.1 Å². The number of hydrogen-bond donors (Lipinski definition) is 0. The summed E-state index contributed by atoms with van der Waals surface area (Å²) >= 11 is 0. The van der Waals surface area contributed by atoms with Gasteiger partial charge in [-0.3, -0.25) is 4.18 Å². The average molecular weight is 345 g/mol. The van der Waals surface area contributed by atoms with Crippen LogP contribution in [-0.4, -0.2) is 52.9 Å². The Balaban J connectivity index is 2.03. The third-order valence-electron chi connectivity index (χ3n) is 3.21. The molecule has 0 spiro atoms. The Morgan fingerprint density at radius 3 is 2.61 bits per heavy atom. The minimum atomic E-state index is -3.80. The van der Waals surface area contributed by atoms with E-state index in [1.165, 1.54) is 7.11 Å². The molecule has 4 atom stereocenters. The van der Waals surface area contributed by atoms with E-state index in [9.17, 15) is 13.2 Å². The molecule has 0 radical (unpaired) electrons. The molecule has 0 unspecified atom stereocenters. The second-order valence-corrected chi connectivity index (χ2v) is 6.80. The van der Waals surface area contributed by atoms with Crippen LogP contribution in [0.15, 0.2) is 24.3 Å². The molecule has 0 aliphatic carbocycles. The highest BCUT2D eigenvalue weighted by molar-refractivity contribution is 7.86. The van der Waals surface area contributed by atoms with Gasteiger partial charge in [-0.15, -0.1) is 0 Å². The van der Waals surface area contributed by atoms with Crippen molar-refractivity contribution in [3.05, 3.63) is 35.4 Å². The predicted octanol–water partition coefficient (Wildman–Crippen LogP) is 1.26. The smallest absolute Gasteiger partial charge is 0.338 e. The zero-order valence-corrected chi connectivity index (χ0v) is 13.9. The number of hydrogen-bond acceptors (Lipinski definition) is 7. The Morgan fingerprint density at radius 2 is 2.04 bits per heavy atom. The molecule has 1 saturated heterocycles. The van der Waals surface area contributed by atoms with Crippen molar-refractivity contribution in [2.75, 3.05) is 20.0 Å². The topological polar surface area (TPSA) is 88.1 Å². The summed E-state index contributed by atoms with van der Waals surface area (Å²) in [5.74, 6) is -0.570. The molecule has 1 aliphatic heterocycles. The summed E-state index contributed by atoms with van der Waals surface area (Å²) in [6.45, 7) is 1.65. The second kappa shape index (κ2) is 7.39. The summed E-state index contributed by atoms with van der Waals surface area (Å²) in [4.78, 5) is 12.0. The maximum absolute atomic E-state index is 12.0. The van der Waals surface area contributed by atoms with Crippen molar-refractivity contribution < 1.29 is 33.0 Å². The molecular weight excluding hydrogens is 324 g/mol. The molecule has 0 amide bonds. The highest BCUT2D eigenvalue weighted by atomic mass is 32.2. The summed E-state index contributed by atoms with van der Waals surface area (Å²) in [6.07, 6.45) is -3.18. The Bertz CT molecular complexity index is 674. The highest BCUT2D eigenvalue weighted by Gasteiger charge is 2.39. The Kier molecular flexibility index (Phi) is 5.27. The van der Waals surface area contributed by atoms with Crippen LogP contribution in [0.3, 0.4) is 0 Å². The van der Waals surface area contributed by atoms with Crippen LogP contribution in [0, 0.1) is 6.92 Å². The summed E-state index contributed by atoms with van der Waals surface area (Å²) in [7, 11) is -2.46. The molecule has 23 heavy (non-hydrogen) atoms. The fraction of sp³-hybridized carbons (Fsp3) is 0.533. The normalized spacial score (nSPS) is 28.4. The highest BCUT2D eigenvalue weighted by Crippen LogP contribution is 2.25. The van der Waals surface area contributed by atoms with Gasteiger partial charge in [0.2, 0.25) is 0 Å². The van der Waals surface area contributed by atoms with Crippen LogP contribution in [-0.2, 0) is 28.5 Å². The Labute approximate surface area is 137 Å². The van der Waals surface area contributed by atoms with E-state index in [1.54, 1.807) is 24.3 Å². The van der Waals surface area contributed by atoms with Crippen molar-refractivity contribution in [2.24, 2.45) is 0 Å².